The minimum absolute atomic E-state index is 0.148. The summed E-state index contributed by atoms with van der Waals surface area (Å²) < 4.78 is 24.6. The van der Waals surface area contributed by atoms with Gasteiger partial charge in [0.05, 0.1) is 11.8 Å². The molecule has 6 heteroatoms. The van der Waals surface area contributed by atoms with Crippen LogP contribution in [0.2, 0.25) is 0 Å². The van der Waals surface area contributed by atoms with Crippen molar-refractivity contribution in [2.45, 2.75) is 17.9 Å². The average molecular weight is 347 g/mol. The van der Waals surface area contributed by atoms with Crippen molar-refractivity contribution in [2.75, 3.05) is 19.0 Å². The Morgan fingerprint density at radius 1 is 1.21 bits per heavy atom. The molecule has 0 saturated heterocycles. The fourth-order valence-electron chi connectivity index (χ4n) is 2.40. The third-order valence-electron chi connectivity index (χ3n) is 3.64. The quantitative estimate of drug-likeness (QED) is 0.840. The number of rotatable bonds is 5. The Kier molecular flexibility index (Phi) is 5.25. The summed E-state index contributed by atoms with van der Waals surface area (Å²) in [4.78, 5) is 12.6. The van der Waals surface area contributed by atoms with Crippen molar-refractivity contribution in [1.82, 2.24) is 5.32 Å². The first-order valence-electron chi connectivity index (χ1n) is 7.70. The molecule has 126 valence electrons. The summed E-state index contributed by atoms with van der Waals surface area (Å²) in [6.45, 7) is 2.97. The van der Waals surface area contributed by atoms with Crippen LogP contribution in [0.4, 0.5) is 4.39 Å². The number of amides is 1. The number of halogens is 1. The Morgan fingerprint density at radius 2 is 1.96 bits per heavy atom. The van der Waals surface area contributed by atoms with Crippen LogP contribution >= 0.6 is 11.8 Å². The van der Waals surface area contributed by atoms with Gasteiger partial charge in [-0.1, -0.05) is 18.2 Å². The molecule has 4 nitrogen and oxygen atoms in total. The number of carbonyl (C=O) groups is 1. The maximum Gasteiger partial charge on any atom is 0.230 e. The molecule has 1 amide bonds. The second-order valence-electron chi connectivity index (χ2n) is 5.41. The first-order chi connectivity index (χ1) is 11.6. The standard InChI is InChI=1S/C18H18FNO3S/c1-12(13-6-7-15-16(10-13)23-9-8-22-15)20-18(21)11-24-17-5-3-2-4-14(17)19/h2-7,10,12H,8-9,11H2,1H3,(H,20,21)/t12-/m0/s1. The summed E-state index contributed by atoms with van der Waals surface area (Å²) in [6, 6.07) is 11.9. The van der Waals surface area contributed by atoms with Gasteiger partial charge in [-0.2, -0.15) is 0 Å². The van der Waals surface area contributed by atoms with Gasteiger partial charge in [0, 0.05) is 4.90 Å². The fraction of sp³-hybridized carbons (Fsp3) is 0.278. The lowest BCUT2D eigenvalue weighted by molar-refractivity contribution is -0.119. The van der Waals surface area contributed by atoms with Crippen molar-refractivity contribution in [3.8, 4) is 11.5 Å². The molecule has 0 aliphatic carbocycles. The minimum atomic E-state index is -0.310. The molecule has 1 N–H and O–H groups in total. The highest BCUT2D eigenvalue weighted by Gasteiger charge is 2.16. The molecule has 1 aliphatic heterocycles. The van der Waals surface area contributed by atoms with Crippen LogP contribution in [0.3, 0.4) is 0 Å². The van der Waals surface area contributed by atoms with Gasteiger partial charge in [0.2, 0.25) is 5.91 Å². The van der Waals surface area contributed by atoms with E-state index >= 15 is 0 Å². The Hall–Kier alpha value is -2.21. The van der Waals surface area contributed by atoms with E-state index in [-0.39, 0.29) is 23.5 Å². The van der Waals surface area contributed by atoms with E-state index in [1.165, 1.54) is 17.8 Å². The second-order valence-corrected chi connectivity index (χ2v) is 6.43. The Labute approximate surface area is 144 Å². The van der Waals surface area contributed by atoms with E-state index in [9.17, 15) is 9.18 Å². The Balaban J connectivity index is 1.57. The number of fused-ring (bicyclic) bond motifs is 1. The summed E-state index contributed by atoms with van der Waals surface area (Å²) in [5, 5.41) is 2.91. The van der Waals surface area contributed by atoms with Gasteiger partial charge in [0.15, 0.2) is 11.5 Å². The second kappa shape index (κ2) is 7.57. The topological polar surface area (TPSA) is 47.6 Å². The van der Waals surface area contributed by atoms with Crippen molar-refractivity contribution < 1.29 is 18.7 Å². The molecule has 2 aromatic carbocycles. The molecular weight excluding hydrogens is 329 g/mol. The van der Waals surface area contributed by atoms with E-state index in [4.69, 9.17) is 9.47 Å². The van der Waals surface area contributed by atoms with Gasteiger partial charge in [-0.3, -0.25) is 4.79 Å². The van der Waals surface area contributed by atoms with Crippen molar-refractivity contribution in [3.63, 3.8) is 0 Å². The van der Waals surface area contributed by atoms with Gasteiger partial charge in [0.25, 0.3) is 0 Å². The summed E-state index contributed by atoms with van der Waals surface area (Å²) in [7, 11) is 0. The number of carbonyl (C=O) groups excluding carboxylic acids is 1. The summed E-state index contributed by atoms with van der Waals surface area (Å²) in [5.74, 6) is 1.12. The molecule has 0 fully saturated rings. The van der Waals surface area contributed by atoms with Crippen LogP contribution in [-0.2, 0) is 4.79 Å². The maximum atomic E-state index is 13.5. The lowest BCUT2D eigenvalue weighted by Crippen LogP contribution is -2.28. The SMILES string of the molecule is C[C@H](NC(=O)CSc1ccccc1F)c1ccc2c(c1)OCCO2. The van der Waals surface area contributed by atoms with E-state index in [2.05, 4.69) is 5.32 Å². The molecule has 1 heterocycles. The smallest absolute Gasteiger partial charge is 0.230 e. The maximum absolute atomic E-state index is 13.5. The molecule has 0 bridgehead atoms. The van der Waals surface area contributed by atoms with Crippen LogP contribution < -0.4 is 14.8 Å². The average Bonchev–Trinajstić information content (AvgIpc) is 2.60. The number of hydrogen-bond acceptors (Lipinski definition) is 4. The molecule has 0 radical (unpaired) electrons. The molecule has 0 spiro atoms. The monoisotopic (exact) mass is 347 g/mol. The molecule has 1 atom stereocenters. The summed E-state index contributed by atoms with van der Waals surface area (Å²) in [5.41, 5.74) is 0.934. The molecule has 0 saturated carbocycles. The van der Waals surface area contributed by atoms with Crippen LogP contribution in [0.15, 0.2) is 47.4 Å². The van der Waals surface area contributed by atoms with E-state index in [0.717, 1.165) is 11.3 Å². The zero-order chi connectivity index (χ0) is 16.9. The number of hydrogen-bond donors (Lipinski definition) is 1. The van der Waals surface area contributed by atoms with Gasteiger partial charge >= 0.3 is 0 Å². The van der Waals surface area contributed by atoms with Crippen LogP contribution in [0, 0.1) is 5.82 Å². The van der Waals surface area contributed by atoms with E-state index < -0.39 is 0 Å². The van der Waals surface area contributed by atoms with Crippen molar-refractivity contribution >= 4 is 17.7 Å². The third kappa shape index (κ3) is 4.00. The highest BCUT2D eigenvalue weighted by atomic mass is 32.2. The van der Waals surface area contributed by atoms with Crippen molar-refractivity contribution in [2.24, 2.45) is 0 Å². The Bertz CT molecular complexity index is 738. The molecular formula is C18H18FNO3S. The lowest BCUT2D eigenvalue weighted by atomic mass is 10.1. The number of benzene rings is 2. The molecule has 0 aromatic heterocycles. The van der Waals surface area contributed by atoms with Crippen molar-refractivity contribution in [1.29, 1.82) is 0 Å². The first kappa shape index (κ1) is 16.6. The van der Waals surface area contributed by atoms with E-state index in [0.29, 0.717) is 23.9 Å². The van der Waals surface area contributed by atoms with E-state index in [1.807, 2.05) is 25.1 Å². The number of nitrogens with one attached hydrogen (secondary N) is 1. The summed E-state index contributed by atoms with van der Waals surface area (Å²) in [6.07, 6.45) is 0. The van der Waals surface area contributed by atoms with Gasteiger partial charge in [-0.25, -0.2) is 4.39 Å². The van der Waals surface area contributed by atoms with Crippen LogP contribution in [-0.4, -0.2) is 24.9 Å². The highest BCUT2D eigenvalue weighted by molar-refractivity contribution is 8.00. The number of thioether (sulfide) groups is 1. The minimum Gasteiger partial charge on any atom is -0.486 e. The van der Waals surface area contributed by atoms with E-state index in [1.54, 1.807) is 18.2 Å². The normalized spacial score (nSPS) is 14.1. The fourth-order valence-corrected chi connectivity index (χ4v) is 3.15. The zero-order valence-corrected chi connectivity index (χ0v) is 14.1. The van der Waals surface area contributed by atoms with Crippen LogP contribution in [0.25, 0.3) is 0 Å². The van der Waals surface area contributed by atoms with Gasteiger partial charge in [-0.05, 0) is 36.8 Å². The van der Waals surface area contributed by atoms with Crippen molar-refractivity contribution in [3.05, 3.63) is 53.8 Å². The Morgan fingerprint density at radius 3 is 2.75 bits per heavy atom. The predicted molar refractivity (Wildman–Crippen MR) is 91.1 cm³/mol. The highest BCUT2D eigenvalue weighted by Crippen LogP contribution is 2.32. The summed E-state index contributed by atoms with van der Waals surface area (Å²) >= 11 is 1.18. The molecule has 2 aromatic rings. The number of ether oxygens (including phenoxy) is 2. The van der Waals surface area contributed by atoms with Gasteiger partial charge in [0.1, 0.15) is 19.0 Å². The lowest BCUT2D eigenvalue weighted by Gasteiger charge is -2.21. The molecule has 1 aliphatic rings. The predicted octanol–water partition coefficient (Wildman–Crippen LogP) is 3.57. The van der Waals surface area contributed by atoms with Gasteiger partial charge in [-0.15, -0.1) is 11.8 Å². The first-order valence-corrected chi connectivity index (χ1v) is 8.68. The van der Waals surface area contributed by atoms with Crippen LogP contribution in [0.5, 0.6) is 11.5 Å². The third-order valence-corrected chi connectivity index (χ3v) is 4.69. The zero-order valence-electron chi connectivity index (χ0n) is 13.3. The molecule has 24 heavy (non-hydrogen) atoms. The largest absolute Gasteiger partial charge is 0.486 e. The van der Waals surface area contributed by atoms with Gasteiger partial charge < -0.3 is 14.8 Å². The van der Waals surface area contributed by atoms with Crippen LogP contribution in [0.1, 0.15) is 18.5 Å². The molecule has 3 rings (SSSR count). The molecule has 0 unspecified atom stereocenters.